The van der Waals surface area contributed by atoms with E-state index < -0.39 is 11.4 Å². The van der Waals surface area contributed by atoms with Crippen LogP contribution in [0.4, 0.5) is 0 Å². The lowest BCUT2D eigenvalue weighted by atomic mass is 9.93. The van der Waals surface area contributed by atoms with E-state index in [9.17, 15) is 4.79 Å². The highest BCUT2D eigenvalue weighted by molar-refractivity contribution is 5.84. The molecule has 0 aliphatic rings. The van der Waals surface area contributed by atoms with Crippen LogP contribution in [-0.2, 0) is 4.79 Å². The topological polar surface area (TPSA) is 89.3 Å². The van der Waals surface area contributed by atoms with Crippen molar-refractivity contribution in [3.63, 3.8) is 0 Å². The Hall–Kier alpha value is -0.610. The van der Waals surface area contributed by atoms with Gasteiger partial charge in [0.15, 0.2) is 0 Å². The molecular weight excluding hydrogens is 132 g/mol. The van der Waals surface area contributed by atoms with Crippen LogP contribution in [-0.4, -0.2) is 23.2 Å². The molecule has 1 unspecified atom stereocenters. The zero-order chi connectivity index (χ0) is 8.20. The van der Waals surface area contributed by atoms with E-state index in [2.05, 4.69) is 0 Å². The Balaban J connectivity index is 4.08. The predicted octanol–water partition coefficient (Wildman–Crippen LogP) is -1.04. The molecular formula is C6H14N2O2. The van der Waals surface area contributed by atoms with Gasteiger partial charge in [0.1, 0.15) is 0 Å². The molecule has 0 heterocycles. The van der Waals surface area contributed by atoms with E-state index in [-0.39, 0.29) is 13.0 Å². The number of aliphatic hydroxyl groups is 1. The number of nitrogens with two attached hydrogens (primary N) is 2. The molecule has 0 rings (SSSR count). The fraction of sp³-hybridized carbons (Fsp3) is 0.833. The van der Waals surface area contributed by atoms with Gasteiger partial charge in [-0.15, -0.1) is 0 Å². The van der Waals surface area contributed by atoms with Gasteiger partial charge in [-0.25, -0.2) is 0 Å². The number of amides is 1. The summed E-state index contributed by atoms with van der Waals surface area (Å²) < 4.78 is 0. The average Bonchev–Trinajstić information content (AvgIpc) is 1.88. The van der Waals surface area contributed by atoms with E-state index in [0.717, 1.165) is 0 Å². The predicted molar refractivity (Wildman–Crippen MR) is 38.1 cm³/mol. The summed E-state index contributed by atoms with van der Waals surface area (Å²) in [7, 11) is 0. The van der Waals surface area contributed by atoms with Crippen LogP contribution in [0.2, 0.25) is 0 Å². The second-order valence-electron chi connectivity index (χ2n) is 2.35. The number of rotatable bonds is 4. The number of hydrogen-bond donors (Lipinski definition) is 3. The molecule has 0 aromatic rings. The van der Waals surface area contributed by atoms with Gasteiger partial charge in [-0.05, 0) is 12.8 Å². The van der Waals surface area contributed by atoms with Gasteiger partial charge in [-0.2, -0.15) is 0 Å². The molecule has 0 aromatic heterocycles. The van der Waals surface area contributed by atoms with Crippen molar-refractivity contribution < 1.29 is 9.90 Å². The number of aliphatic hydroxyl groups excluding tert-OH is 1. The molecule has 0 aromatic carbocycles. The van der Waals surface area contributed by atoms with Gasteiger partial charge < -0.3 is 16.6 Å². The van der Waals surface area contributed by atoms with Crippen LogP contribution in [0.1, 0.15) is 19.8 Å². The SMILES string of the molecule is CCC(N)(CCO)C(N)=O. The molecule has 0 spiro atoms. The minimum absolute atomic E-state index is 0.104. The highest BCUT2D eigenvalue weighted by Crippen LogP contribution is 2.09. The summed E-state index contributed by atoms with van der Waals surface area (Å²) in [5.41, 5.74) is 9.49. The van der Waals surface area contributed by atoms with Crippen LogP contribution in [0.3, 0.4) is 0 Å². The first-order valence-electron chi connectivity index (χ1n) is 3.26. The first-order valence-corrected chi connectivity index (χ1v) is 3.26. The molecule has 4 heteroatoms. The highest BCUT2D eigenvalue weighted by atomic mass is 16.3. The van der Waals surface area contributed by atoms with Crippen molar-refractivity contribution >= 4 is 5.91 Å². The van der Waals surface area contributed by atoms with E-state index in [1.807, 2.05) is 0 Å². The Kier molecular flexibility index (Phi) is 3.32. The van der Waals surface area contributed by atoms with Gasteiger partial charge in [0.2, 0.25) is 5.91 Å². The fourth-order valence-electron chi connectivity index (χ4n) is 0.674. The maximum Gasteiger partial charge on any atom is 0.237 e. The van der Waals surface area contributed by atoms with Crippen LogP contribution in [0.5, 0.6) is 0 Å². The van der Waals surface area contributed by atoms with Crippen molar-refractivity contribution in [2.75, 3.05) is 6.61 Å². The van der Waals surface area contributed by atoms with Crippen molar-refractivity contribution in [1.29, 1.82) is 0 Å². The molecule has 0 radical (unpaired) electrons. The van der Waals surface area contributed by atoms with E-state index in [1.54, 1.807) is 6.92 Å². The smallest absolute Gasteiger partial charge is 0.237 e. The summed E-state index contributed by atoms with van der Waals surface area (Å²) in [4.78, 5) is 10.6. The minimum atomic E-state index is -1.02. The summed E-state index contributed by atoms with van der Waals surface area (Å²) in [6.45, 7) is 1.66. The molecule has 4 nitrogen and oxygen atoms in total. The van der Waals surface area contributed by atoms with E-state index >= 15 is 0 Å². The first-order chi connectivity index (χ1) is 4.56. The summed E-state index contributed by atoms with van der Waals surface area (Å²) in [6.07, 6.45) is 0.696. The summed E-state index contributed by atoms with van der Waals surface area (Å²) in [5.74, 6) is -0.552. The third-order valence-electron chi connectivity index (χ3n) is 1.68. The highest BCUT2D eigenvalue weighted by Gasteiger charge is 2.28. The van der Waals surface area contributed by atoms with Crippen molar-refractivity contribution in [2.45, 2.75) is 25.3 Å². The lowest BCUT2D eigenvalue weighted by Gasteiger charge is -2.22. The van der Waals surface area contributed by atoms with Gasteiger partial charge in [0.05, 0.1) is 5.54 Å². The number of carbonyl (C=O) groups is 1. The Morgan fingerprint density at radius 3 is 2.30 bits per heavy atom. The molecule has 1 atom stereocenters. The lowest BCUT2D eigenvalue weighted by molar-refractivity contribution is -0.123. The molecule has 5 N–H and O–H groups in total. The van der Waals surface area contributed by atoms with Crippen molar-refractivity contribution in [2.24, 2.45) is 11.5 Å². The van der Waals surface area contributed by atoms with Crippen LogP contribution in [0.15, 0.2) is 0 Å². The second kappa shape index (κ2) is 3.53. The summed E-state index contributed by atoms with van der Waals surface area (Å²) >= 11 is 0. The van der Waals surface area contributed by atoms with E-state index in [4.69, 9.17) is 16.6 Å². The monoisotopic (exact) mass is 146 g/mol. The lowest BCUT2D eigenvalue weighted by Crippen LogP contribution is -2.52. The van der Waals surface area contributed by atoms with Crippen LogP contribution < -0.4 is 11.5 Å². The molecule has 10 heavy (non-hydrogen) atoms. The Morgan fingerprint density at radius 1 is 1.70 bits per heavy atom. The van der Waals surface area contributed by atoms with E-state index in [1.165, 1.54) is 0 Å². The Bertz CT molecular complexity index is 127. The summed E-state index contributed by atoms with van der Waals surface area (Å²) in [6, 6.07) is 0. The maximum atomic E-state index is 10.6. The maximum absolute atomic E-state index is 10.6. The molecule has 0 fully saturated rings. The molecule has 0 aliphatic carbocycles. The molecule has 0 saturated heterocycles. The third kappa shape index (κ3) is 1.97. The van der Waals surface area contributed by atoms with Gasteiger partial charge in [-0.3, -0.25) is 4.79 Å². The Labute approximate surface area is 60.2 Å². The zero-order valence-corrected chi connectivity index (χ0v) is 6.13. The zero-order valence-electron chi connectivity index (χ0n) is 6.13. The van der Waals surface area contributed by atoms with Crippen LogP contribution in [0.25, 0.3) is 0 Å². The third-order valence-corrected chi connectivity index (χ3v) is 1.68. The second-order valence-corrected chi connectivity index (χ2v) is 2.35. The number of hydrogen-bond acceptors (Lipinski definition) is 3. The minimum Gasteiger partial charge on any atom is -0.396 e. The molecule has 1 amide bonds. The van der Waals surface area contributed by atoms with Crippen molar-refractivity contribution in [3.05, 3.63) is 0 Å². The standard InChI is InChI=1S/C6H14N2O2/c1-2-6(8,3-4-9)5(7)10/h9H,2-4,8H2,1H3,(H2,7,10). The van der Waals surface area contributed by atoms with Gasteiger partial charge in [0, 0.05) is 6.61 Å². The van der Waals surface area contributed by atoms with E-state index in [0.29, 0.717) is 6.42 Å². The first kappa shape index (κ1) is 9.39. The quantitative estimate of drug-likeness (QED) is 0.473. The fourth-order valence-corrected chi connectivity index (χ4v) is 0.674. The summed E-state index contributed by atoms with van der Waals surface area (Å²) in [5, 5.41) is 8.49. The molecule has 0 bridgehead atoms. The largest absolute Gasteiger partial charge is 0.396 e. The van der Waals surface area contributed by atoms with Crippen molar-refractivity contribution in [3.8, 4) is 0 Å². The van der Waals surface area contributed by atoms with Gasteiger partial charge >= 0.3 is 0 Å². The molecule has 0 aliphatic heterocycles. The van der Waals surface area contributed by atoms with Crippen molar-refractivity contribution in [1.82, 2.24) is 0 Å². The normalized spacial score (nSPS) is 16.3. The number of primary amides is 1. The molecule has 0 saturated carbocycles. The average molecular weight is 146 g/mol. The Morgan fingerprint density at radius 2 is 2.20 bits per heavy atom. The molecule has 60 valence electrons. The van der Waals surface area contributed by atoms with Crippen LogP contribution in [0, 0.1) is 0 Å². The number of carbonyl (C=O) groups excluding carboxylic acids is 1. The van der Waals surface area contributed by atoms with Gasteiger partial charge in [-0.1, -0.05) is 6.92 Å². The van der Waals surface area contributed by atoms with Gasteiger partial charge in [0.25, 0.3) is 0 Å². The van der Waals surface area contributed by atoms with Crippen LogP contribution >= 0.6 is 0 Å².